The topological polar surface area (TPSA) is 120 Å². The Hall–Kier alpha value is -4.95. The van der Waals surface area contributed by atoms with E-state index in [-0.39, 0.29) is 53.5 Å². The number of hydrogen-bond acceptors (Lipinski definition) is 9. The van der Waals surface area contributed by atoms with Gasteiger partial charge >= 0.3 is 18.2 Å². The highest BCUT2D eigenvalue weighted by Gasteiger charge is 2.35. The number of amides is 1. The summed E-state index contributed by atoms with van der Waals surface area (Å²) in [5.41, 5.74) is -0.449. The van der Waals surface area contributed by atoms with Crippen LogP contribution in [0, 0.1) is 5.82 Å². The van der Waals surface area contributed by atoms with Crippen LogP contribution in [-0.2, 0) is 35.2 Å². The second-order valence-corrected chi connectivity index (χ2v) is 12.4. The summed E-state index contributed by atoms with van der Waals surface area (Å²) in [5.74, 6) is -0.441. The standard InChI is InChI=1S/C33H36F4N6O5/c1-7-46-29(44)27-28-23(15-40-30(43(28)17-41-27)39-14-22-20-10-11-47-25(20)9-8-24(22)34)21-13-38-26(33(35,36)37)12-19(21)16-42(18(2)3)31(45)48-32(4,5)6/h8-9,12-13,15,17-18H,7,10-11,14,16H2,1-6H3,(H,39,40). The molecule has 1 amide bonds. The number of alkyl halides is 3. The molecule has 1 aliphatic heterocycles. The monoisotopic (exact) mass is 672 g/mol. The molecule has 4 heterocycles. The third-order valence-corrected chi connectivity index (χ3v) is 7.56. The highest BCUT2D eigenvalue weighted by molar-refractivity contribution is 6.00. The first-order valence-corrected chi connectivity index (χ1v) is 15.3. The van der Waals surface area contributed by atoms with Crippen LogP contribution in [0.25, 0.3) is 16.6 Å². The zero-order valence-electron chi connectivity index (χ0n) is 27.4. The molecule has 0 atom stereocenters. The Morgan fingerprint density at radius 1 is 1.10 bits per heavy atom. The molecule has 0 spiro atoms. The molecule has 3 aromatic heterocycles. The molecule has 11 nitrogen and oxygen atoms in total. The van der Waals surface area contributed by atoms with Crippen molar-refractivity contribution >= 4 is 23.5 Å². The van der Waals surface area contributed by atoms with Crippen LogP contribution in [0.5, 0.6) is 5.75 Å². The lowest BCUT2D eigenvalue weighted by Gasteiger charge is -2.31. The predicted octanol–water partition coefficient (Wildman–Crippen LogP) is 6.82. The summed E-state index contributed by atoms with van der Waals surface area (Å²) in [6.45, 7) is 10.3. The number of benzene rings is 1. The first-order valence-electron chi connectivity index (χ1n) is 15.3. The van der Waals surface area contributed by atoms with Crippen LogP contribution in [0.3, 0.4) is 0 Å². The number of fused-ring (bicyclic) bond motifs is 2. The van der Waals surface area contributed by atoms with Crippen molar-refractivity contribution in [3.8, 4) is 16.9 Å². The first kappa shape index (κ1) is 34.4. The van der Waals surface area contributed by atoms with Gasteiger partial charge in [0.1, 0.15) is 29.2 Å². The fourth-order valence-electron chi connectivity index (χ4n) is 5.35. The van der Waals surface area contributed by atoms with Crippen molar-refractivity contribution < 1.29 is 41.4 Å². The molecule has 15 heteroatoms. The number of nitrogens with one attached hydrogen (secondary N) is 1. The van der Waals surface area contributed by atoms with E-state index in [1.165, 1.54) is 27.9 Å². The molecule has 0 bridgehead atoms. The average Bonchev–Trinajstić information content (AvgIpc) is 3.66. The zero-order valence-corrected chi connectivity index (χ0v) is 27.4. The highest BCUT2D eigenvalue weighted by atomic mass is 19.4. The van der Waals surface area contributed by atoms with Gasteiger partial charge in [-0.05, 0) is 65.3 Å². The van der Waals surface area contributed by atoms with Gasteiger partial charge in [-0.15, -0.1) is 0 Å². The number of halogens is 4. The normalized spacial score (nSPS) is 13.0. The molecule has 48 heavy (non-hydrogen) atoms. The Labute approximate surface area is 274 Å². The number of pyridine rings is 1. The first-order chi connectivity index (χ1) is 22.6. The minimum absolute atomic E-state index is 0.0130. The smallest absolute Gasteiger partial charge is 0.433 e. The van der Waals surface area contributed by atoms with Crippen molar-refractivity contribution in [2.75, 3.05) is 18.5 Å². The Morgan fingerprint density at radius 3 is 2.50 bits per heavy atom. The van der Waals surface area contributed by atoms with Crippen LogP contribution in [-0.4, -0.2) is 61.2 Å². The average molecular weight is 673 g/mol. The molecular formula is C33H36F4N6O5. The molecule has 0 saturated heterocycles. The quantitative estimate of drug-likeness (QED) is 0.151. The number of rotatable bonds is 9. The van der Waals surface area contributed by atoms with Gasteiger partial charge < -0.3 is 24.4 Å². The van der Waals surface area contributed by atoms with Crippen LogP contribution in [0.4, 0.5) is 28.3 Å². The summed E-state index contributed by atoms with van der Waals surface area (Å²) in [6.07, 6.45) is -1.28. The minimum atomic E-state index is -4.78. The van der Waals surface area contributed by atoms with E-state index in [0.717, 1.165) is 17.8 Å². The largest absolute Gasteiger partial charge is 0.493 e. The van der Waals surface area contributed by atoms with Crippen molar-refractivity contribution in [3.63, 3.8) is 0 Å². The Morgan fingerprint density at radius 2 is 1.83 bits per heavy atom. The molecule has 4 aromatic rings. The maximum absolute atomic E-state index is 14.9. The maximum Gasteiger partial charge on any atom is 0.433 e. The SMILES string of the molecule is CCOC(=O)c1ncn2c(NCc3c(F)ccc4c3CCO4)ncc(-c3cnc(C(F)(F)F)cc3CN(C(=O)OC(C)(C)C)C(C)C)c12. The van der Waals surface area contributed by atoms with Gasteiger partial charge in [0.15, 0.2) is 5.69 Å². The van der Waals surface area contributed by atoms with Gasteiger partial charge in [0.25, 0.3) is 0 Å². The molecule has 0 unspecified atom stereocenters. The lowest BCUT2D eigenvalue weighted by molar-refractivity contribution is -0.141. The predicted molar refractivity (Wildman–Crippen MR) is 167 cm³/mol. The van der Waals surface area contributed by atoms with E-state index in [1.807, 2.05) is 0 Å². The van der Waals surface area contributed by atoms with E-state index in [1.54, 1.807) is 47.6 Å². The van der Waals surface area contributed by atoms with Crippen LogP contribution >= 0.6 is 0 Å². The second kappa shape index (κ2) is 13.3. The third kappa shape index (κ3) is 7.14. The summed E-state index contributed by atoms with van der Waals surface area (Å²) < 4.78 is 74.5. The van der Waals surface area contributed by atoms with E-state index >= 15 is 0 Å². The number of carbonyl (C=O) groups excluding carboxylic acids is 2. The zero-order chi connectivity index (χ0) is 35.0. The van der Waals surface area contributed by atoms with E-state index in [4.69, 9.17) is 14.2 Å². The summed E-state index contributed by atoms with van der Waals surface area (Å²) in [5, 5.41) is 3.10. The molecule has 5 rings (SSSR count). The van der Waals surface area contributed by atoms with Crippen LogP contribution < -0.4 is 10.1 Å². The molecule has 0 saturated carbocycles. The number of nitrogens with zero attached hydrogens (tertiary/aromatic N) is 5. The molecule has 1 aromatic carbocycles. The summed E-state index contributed by atoms with van der Waals surface area (Å²) in [6, 6.07) is 3.29. The number of imidazole rings is 1. The van der Waals surface area contributed by atoms with Gasteiger partial charge in [-0.25, -0.2) is 23.9 Å². The van der Waals surface area contributed by atoms with Crippen molar-refractivity contribution in [3.05, 3.63) is 70.8 Å². The maximum atomic E-state index is 14.9. The van der Waals surface area contributed by atoms with Crippen molar-refractivity contribution in [2.45, 2.75) is 78.9 Å². The van der Waals surface area contributed by atoms with Gasteiger partial charge in [0.05, 0.1) is 25.3 Å². The van der Waals surface area contributed by atoms with Gasteiger partial charge in [-0.2, -0.15) is 13.2 Å². The highest BCUT2D eigenvalue weighted by Crippen LogP contribution is 2.36. The second-order valence-electron chi connectivity index (χ2n) is 12.4. The van der Waals surface area contributed by atoms with Crippen LogP contribution in [0.15, 0.2) is 36.9 Å². The number of hydrogen-bond donors (Lipinski definition) is 1. The van der Waals surface area contributed by atoms with Gasteiger partial charge in [0.2, 0.25) is 5.95 Å². The molecule has 256 valence electrons. The Kier molecular flexibility index (Phi) is 9.51. The summed E-state index contributed by atoms with van der Waals surface area (Å²) >= 11 is 0. The summed E-state index contributed by atoms with van der Waals surface area (Å²) in [4.78, 5) is 40.0. The minimum Gasteiger partial charge on any atom is -0.493 e. The van der Waals surface area contributed by atoms with Gasteiger partial charge in [-0.1, -0.05) is 0 Å². The van der Waals surface area contributed by atoms with E-state index in [2.05, 4.69) is 20.3 Å². The van der Waals surface area contributed by atoms with E-state index in [0.29, 0.717) is 24.3 Å². The number of aromatic nitrogens is 4. The van der Waals surface area contributed by atoms with Crippen molar-refractivity contribution in [2.24, 2.45) is 0 Å². The Bertz CT molecular complexity index is 1850. The van der Waals surface area contributed by atoms with Crippen molar-refractivity contribution in [1.29, 1.82) is 0 Å². The summed E-state index contributed by atoms with van der Waals surface area (Å²) in [7, 11) is 0. The molecular weight excluding hydrogens is 636 g/mol. The number of esters is 1. The van der Waals surface area contributed by atoms with Crippen LogP contribution in [0.1, 0.15) is 74.4 Å². The van der Waals surface area contributed by atoms with Crippen molar-refractivity contribution in [1.82, 2.24) is 24.3 Å². The fraction of sp³-hybridized carbons (Fsp3) is 0.424. The van der Waals surface area contributed by atoms with E-state index < -0.39 is 41.4 Å². The number of ether oxygens (including phenoxy) is 3. The van der Waals surface area contributed by atoms with Crippen LogP contribution in [0.2, 0.25) is 0 Å². The van der Waals surface area contributed by atoms with Gasteiger partial charge in [0, 0.05) is 53.7 Å². The third-order valence-electron chi connectivity index (χ3n) is 7.56. The lowest BCUT2D eigenvalue weighted by Crippen LogP contribution is -2.40. The molecule has 1 aliphatic rings. The fourth-order valence-corrected chi connectivity index (χ4v) is 5.35. The number of carbonyl (C=O) groups is 2. The molecule has 0 radical (unpaired) electrons. The molecule has 0 aliphatic carbocycles. The van der Waals surface area contributed by atoms with Gasteiger partial charge in [-0.3, -0.25) is 9.38 Å². The number of anilines is 1. The van der Waals surface area contributed by atoms with E-state index in [9.17, 15) is 27.2 Å². The molecule has 1 N–H and O–H groups in total. The molecule has 0 fully saturated rings. The lowest BCUT2D eigenvalue weighted by atomic mass is 10.00. The Balaban J connectivity index is 1.64.